The van der Waals surface area contributed by atoms with E-state index >= 15 is 0 Å². The van der Waals surface area contributed by atoms with E-state index < -0.39 is 0 Å². The van der Waals surface area contributed by atoms with E-state index in [2.05, 4.69) is 43.3 Å². The quantitative estimate of drug-likeness (QED) is 0.943. The molecular weight excluding hydrogens is 290 g/mol. The highest BCUT2D eigenvalue weighted by molar-refractivity contribution is 5.95. The molecular formula is C18H25N3O2. The Bertz CT molecular complexity index is 694. The van der Waals surface area contributed by atoms with Crippen LogP contribution in [0.5, 0.6) is 5.75 Å². The van der Waals surface area contributed by atoms with Gasteiger partial charge in [0.15, 0.2) is 11.4 Å². The second kappa shape index (κ2) is 6.44. The molecule has 0 radical (unpaired) electrons. The van der Waals surface area contributed by atoms with Gasteiger partial charge in [-0.1, -0.05) is 45.0 Å². The smallest absolute Gasteiger partial charge is 0.273 e. The van der Waals surface area contributed by atoms with Gasteiger partial charge in [0, 0.05) is 13.6 Å². The van der Waals surface area contributed by atoms with Crippen molar-refractivity contribution in [2.75, 3.05) is 7.11 Å². The maximum atomic E-state index is 12.4. The van der Waals surface area contributed by atoms with Crippen molar-refractivity contribution >= 4 is 5.91 Å². The van der Waals surface area contributed by atoms with E-state index in [1.54, 1.807) is 18.8 Å². The Morgan fingerprint density at radius 1 is 1.26 bits per heavy atom. The minimum atomic E-state index is -0.190. The molecule has 0 spiro atoms. The third kappa shape index (κ3) is 3.73. The van der Waals surface area contributed by atoms with Crippen molar-refractivity contribution in [3.63, 3.8) is 0 Å². The number of amides is 1. The number of rotatable bonds is 4. The molecule has 23 heavy (non-hydrogen) atoms. The molecule has 5 heteroatoms. The average Bonchev–Trinajstić information content (AvgIpc) is 2.78. The van der Waals surface area contributed by atoms with Crippen LogP contribution in [-0.2, 0) is 19.0 Å². The van der Waals surface area contributed by atoms with Crippen LogP contribution in [0.15, 0.2) is 24.3 Å². The first-order valence-electron chi connectivity index (χ1n) is 7.69. The topological polar surface area (TPSA) is 56.2 Å². The molecule has 2 rings (SSSR count). The number of methoxy groups -OCH3 is 1. The monoisotopic (exact) mass is 315 g/mol. The fraction of sp³-hybridized carbons (Fsp3) is 0.444. The molecule has 1 amide bonds. The first kappa shape index (κ1) is 17.1. The van der Waals surface area contributed by atoms with Crippen LogP contribution in [0.4, 0.5) is 0 Å². The summed E-state index contributed by atoms with van der Waals surface area (Å²) in [7, 11) is 3.29. The SMILES string of the molecule is COc1c(C)nn(C)c1C(=O)NCc1ccc(C(C)(C)C)cc1. The molecule has 5 nitrogen and oxygen atoms in total. The van der Waals surface area contributed by atoms with Crippen LogP contribution in [0.25, 0.3) is 0 Å². The highest BCUT2D eigenvalue weighted by atomic mass is 16.5. The molecule has 0 atom stereocenters. The summed E-state index contributed by atoms with van der Waals surface area (Å²) in [5, 5.41) is 7.15. The summed E-state index contributed by atoms with van der Waals surface area (Å²) < 4.78 is 6.83. The molecule has 0 aliphatic carbocycles. The summed E-state index contributed by atoms with van der Waals surface area (Å²) >= 11 is 0. The molecule has 0 saturated heterocycles. The Morgan fingerprint density at radius 3 is 2.39 bits per heavy atom. The Labute approximate surface area is 137 Å². The molecule has 0 bridgehead atoms. The molecule has 0 unspecified atom stereocenters. The molecule has 1 heterocycles. The average molecular weight is 315 g/mol. The molecule has 124 valence electrons. The second-order valence-electron chi connectivity index (χ2n) is 6.72. The zero-order valence-corrected chi connectivity index (χ0v) is 14.7. The van der Waals surface area contributed by atoms with Gasteiger partial charge in [-0.25, -0.2) is 0 Å². The Kier molecular flexibility index (Phi) is 4.78. The first-order chi connectivity index (χ1) is 10.7. The number of aryl methyl sites for hydroxylation is 2. The van der Waals surface area contributed by atoms with Crippen LogP contribution in [0.1, 0.15) is 48.1 Å². The van der Waals surface area contributed by atoms with E-state index in [4.69, 9.17) is 4.74 Å². The first-order valence-corrected chi connectivity index (χ1v) is 7.69. The van der Waals surface area contributed by atoms with Crippen molar-refractivity contribution in [1.29, 1.82) is 0 Å². The van der Waals surface area contributed by atoms with Crippen molar-refractivity contribution in [3.05, 3.63) is 46.8 Å². The highest BCUT2D eigenvalue weighted by Crippen LogP contribution is 2.23. The van der Waals surface area contributed by atoms with Gasteiger partial charge in [0.2, 0.25) is 0 Å². The number of carbonyl (C=O) groups is 1. The van der Waals surface area contributed by atoms with Gasteiger partial charge in [0.25, 0.3) is 5.91 Å². The Hall–Kier alpha value is -2.30. The minimum absolute atomic E-state index is 0.126. The lowest BCUT2D eigenvalue weighted by molar-refractivity contribution is 0.0938. The van der Waals surface area contributed by atoms with Crippen molar-refractivity contribution in [2.45, 2.75) is 39.7 Å². The van der Waals surface area contributed by atoms with Crippen LogP contribution in [0.2, 0.25) is 0 Å². The van der Waals surface area contributed by atoms with Gasteiger partial charge in [-0.05, 0) is 23.5 Å². The van der Waals surface area contributed by atoms with Gasteiger partial charge in [0.05, 0.1) is 7.11 Å². The van der Waals surface area contributed by atoms with Crippen molar-refractivity contribution in [2.24, 2.45) is 7.05 Å². The Balaban J connectivity index is 2.08. The largest absolute Gasteiger partial charge is 0.492 e. The summed E-state index contributed by atoms with van der Waals surface area (Å²) in [6.07, 6.45) is 0. The molecule has 0 fully saturated rings. The molecule has 1 N–H and O–H groups in total. The number of hydrogen-bond donors (Lipinski definition) is 1. The van der Waals surface area contributed by atoms with E-state index in [1.165, 1.54) is 5.56 Å². The molecule has 0 aliphatic heterocycles. The van der Waals surface area contributed by atoms with Gasteiger partial charge in [0.1, 0.15) is 5.69 Å². The lowest BCUT2D eigenvalue weighted by Gasteiger charge is -2.19. The molecule has 0 saturated carbocycles. The van der Waals surface area contributed by atoms with Crippen molar-refractivity contribution < 1.29 is 9.53 Å². The lowest BCUT2D eigenvalue weighted by atomic mass is 9.87. The van der Waals surface area contributed by atoms with Gasteiger partial charge in [-0.2, -0.15) is 5.10 Å². The van der Waals surface area contributed by atoms with E-state index in [0.717, 1.165) is 5.56 Å². The van der Waals surface area contributed by atoms with Crippen LogP contribution in [-0.4, -0.2) is 22.8 Å². The lowest BCUT2D eigenvalue weighted by Crippen LogP contribution is -2.25. The third-order valence-electron chi connectivity index (χ3n) is 3.86. The number of nitrogens with zero attached hydrogens (tertiary/aromatic N) is 2. The number of hydrogen-bond acceptors (Lipinski definition) is 3. The van der Waals surface area contributed by atoms with E-state index in [9.17, 15) is 4.79 Å². The zero-order valence-electron chi connectivity index (χ0n) is 14.7. The second-order valence-corrected chi connectivity index (χ2v) is 6.72. The van der Waals surface area contributed by atoms with Crippen LogP contribution in [0, 0.1) is 6.92 Å². The van der Waals surface area contributed by atoms with Gasteiger partial charge in [-0.15, -0.1) is 0 Å². The number of carbonyl (C=O) groups excluding carboxylic acids is 1. The Morgan fingerprint density at radius 2 is 1.87 bits per heavy atom. The molecule has 1 aromatic carbocycles. The maximum absolute atomic E-state index is 12.4. The number of nitrogens with one attached hydrogen (secondary N) is 1. The summed E-state index contributed by atoms with van der Waals surface area (Å²) in [4.78, 5) is 12.4. The number of ether oxygens (including phenoxy) is 1. The van der Waals surface area contributed by atoms with Crippen molar-refractivity contribution in [3.8, 4) is 5.75 Å². The predicted octanol–water partition coefficient (Wildman–Crippen LogP) is 2.96. The van der Waals surface area contributed by atoms with Crippen molar-refractivity contribution in [1.82, 2.24) is 15.1 Å². The van der Waals surface area contributed by atoms with Crippen LogP contribution >= 0.6 is 0 Å². The van der Waals surface area contributed by atoms with Crippen LogP contribution < -0.4 is 10.1 Å². The van der Waals surface area contributed by atoms with Gasteiger partial charge >= 0.3 is 0 Å². The predicted molar refractivity (Wildman–Crippen MR) is 90.8 cm³/mol. The number of benzene rings is 1. The van der Waals surface area contributed by atoms with E-state index in [1.807, 2.05) is 19.1 Å². The minimum Gasteiger partial charge on any atom is -0.492 e. The summed E-state index contributed by atoms with van der Waals surface area (Å²) in [6.45, 7) is 8.83. The van der Waals surface area contributed by atoms with E-state index in [-0.39, 0.29) is 11.3 Å². The fourth-order valence-corrected chi connectivity index (χ4v) is 2.52. The molecule has 1 aromatic heterocycles. The third-order valence-corrected chi connectivity index (χ3v) is 3.86. The molecule has 2 aromatic rings. The fourth-order valence-electron chi connectivity index (χ4n) is 2.52. The van der Waals surface area contributed by atoms with Gasteiger partial charge in [-0.3, -0.25) is 9.48 Å². The summed E-state index contributed by atoms with van der Waals surface area (Å²) in [5.74, 6) is 0.331. The molecule has 0 aliphatic rings. The maximum Gasteiger partial charge on any atom is 0.273 e. The van der Waals surface area contributed by atoms with Gasteiger partial charge < -0.3 is 10.1 Å². The summed E-state index contributed by atoms with van der Waals surface area (Å²) in [6, 6.07) is 8.31. The zero-order chi connectivity index (χ0) is 17.2. The van der Waals surface area contributed by atoms with E-state index in [0.29, 0.717) is 23.7 Å². The highest BCUT2D eigenvalue weighted by Gasteiger charge is 2.20. The normalized spacial score (nSPS) is 11.4. The summed E-state index contributed by atoms with van der Waals surface area (Å²) in [5.41, 5.74) is 3.60. The van der Waals surface area contributed by atoms with Crippen LogP contribution in [0.3, 0.4) is 0 Å². The standard InChI is InChI=1S/C18H25N3O2/c1-12-16(23-6)15(21(5)20-12)17(22)19-11-13-7-9-14(10-8-13)18(2,3)4/h7-10H,11H2,1-6H3,(H,19,22). The number of aromatic nitrogens is 2.